The summed E-state index contributed by atoms with van der Waals surface area (Å²) in [7, 11) is 3.28. The van der Waals surface area contributed by atoms with Crippen LogP contribution in [0.1, 0.15) is 88.2 Å². The molecule has 3 aliphatic rings. The highest BCUT2D eigenvalue weighted by Gasteiger charge is 2.28. The predicted molar refractivity (Wildman–Crippen MR) is 157 cm³/mol. The zero-order valence-corrected chi connectivity index (χ0v) is 24.3. The van der Waals surface area contributed by atoms with E-state index in [0.717, 1.165) is 34.5 Å². The molecule has 2 unspecified atom stereocenters. The molecule has 2 saturated carbocycles. The first-order valence-electron chi connectivity index (χ1n) is 15.4. The van der Waals surface area contributed by atoms with Gasteiger partial charge in [-0.05, 0) is 97.3 Å². The highest BCUT2D eigenvalue weighted by atomic mass is 19.1. The van der Waals surface area contributed by atoms with Gasteiger partial charge in [0.15, 0.2) is 0 Å². The molecule has 2 aliphatic carbocycles. The van der Waals surface area contributed by atoms with E-state index in [0.29, 0.717) is 42.8 Å². The molecule has 2 aromatic rings. The van der Waals surface area contributed by atoms with Crippen molar-refractivity contribution in [3.63, 3.8) is 0 Å². The third kappa shape index (κ3) is 7.47. The smallest absolute Gasteiger partial charge is 0.137 e. The Morgan fingerprint density at radius 1 is 0.850 bits per heavy atom. The minimum absolute atomic E-state index is 0.226. The predicted octanol–water partition coefficient (Wildman–Crippen LogP) is 8.60. The summed E-state index contributed by atoms with van der Waals surface area (Å²) in [4.78, 5) is 12.8. The van der Waals surface area contributed by atoms with Gasteiger partial charge < -0.3 is 14.2 Å². The van der Waals surface area contributed by atoms with Gasteiger partial charge >= 0.3 is 0 Å². The van der Waals surface area contributed by atoms with Crippen LogP contribution >= 0.6 is 0 Å². The standard InChI is InChI=1S/C35H45FO4/c1-38-31-20-27(21-32(23-31)39-2)19-30(37)18-26-10-8-25(9-11-26)7-6-24-4-3-5-28(13-12-24)33-16-17-40-35-22-29(36)14-15-34(33)35/h14-16,20-26,28H,3-13,17-19H2,1-2H3. The normalized spacial score (nSPS) is 24.7. The summed E-state index contributed by atoms with van der Waals surface area (Å²) >= 11 is 0. The Morgan fingerprint density at radius 2 is 1.52 bits per heavy atom. The molecule has 40 heavy (non-hydrogen) atoms. The van der Waals surface area contributed by atoms with Crippen molar-refractivity contribution in [2.24, 2.45) is 23.7 Å². The number of allylic oxidation sites excluding steroid dienone is 1. The molecule has 4 nitrogen and oxygen atoms in total. The van der Waals surface area contributed by atoms with Crippen LogP contribution in [-0.4, -0.2) is 26.6 Å². The fraction of sp³-hybridized carbons (Fsp3) is 0.571. The van der Waals surface area contributed by atoms with E-state index < -0.39 is 0 Å². The Hall–Kier alpha value is -2.82. The van der Waals surface area contributed by atoms with Gasteiger partial charge in [-0.3, -0.25) is 4.79 Å². The second-order valence-electron chi connectivity index (χ2n) is 12.3. The summed E-state index contributed by atoms with van der Waals surface area (Å²) in [5.74, 6) is 4.98. The first-order chi connectivity index (χ1) is 19.5. The van der Waals surface area contributed by atoms with Gasteiger partial charge in [0.1, 0.15) is 35.5 Å². The zero-order valence-electron chi connectivity index (χ0n) is 24.3. The van der Waals surface area contributed by atoms with Gasteiger partial charge in [-0.2, -0.15) is 0 Å². The van der Waals surface area contributed by atoms with Crippen LogP contribution in [0.5, 0.6) is 17.2 Å². The number of hydrogen-bond donors (Lipinski definition) is 0. The lowest BCUT2D eigenvalue weighted by Crippen LogP contribution is -2.19. The number of carbonyl (C=O) groups is 1. The number of benzene rings is 2. The van der Waals surface area contributed by atoms with E-state index in [2.05, 4.69) is 6.08 Å². The maximum Gasteiger partial charge on any atom is 0.137 e. The molecule has 1 heterocycles. The van der Waals surface area contributed by atoms with E-state index in [1.54, 1.807) is 20.3 Å². The van der Waals surface area contributed by atoms with Crippen LogP contribution in [0, 0.1) is 29.5 Å². The molecule has 0 spiro atoms. The van der Waals surface area contributed by atoms with Gasteiger partial charge in [-0.15, -0.1) is 0 Å². The van der Waals surface area contributed by atoms with Crippen LogP contribution in [0.4, 0.5) is 4.39 Å². The quantitative estimate of drug-likeness (QED) is 0.279. The molecule has 2 atom stereocenters. The number of fused-ring (bicyclic) bond motifs is 1. The summed E-state index contributed by atoms with van der Waals surface area (Å²) < 4.78 is 30.1. The molecule has 0 saturated heterocycles. The maximum absolute atomic E-state index is 13.7. The topological polar surface area (TPSA) is 44.8 Å². The van der Waals surface area contributed by atoms with Crippen molar-refractivity contribution < 1.29 is 23.4 Å². The molecule has 0 bridgehead atoms. The molecule has 0 amide bonds. The molecule has 0 N–H and O–H groups in total. The minimum Gasteiger partial charge on any atom is -0.497 e. The van der Waals surface area contributed by atoms with Gasteiger partial charge in [0.05, 0.1) is 14.2 Å². The number of methoxy groups -OCH3 is 2. The largest absolute Gasteiger partial charge is 0.497 e. The third-order valence-electron chi connectivity index (χ3n) is 9.60. The average molecular weight is 549 g/mol. The van der Waals surface area contributed by atoms with Crippen molar-refractivity contribution in [2.45, 2.75) is 83.5 Å². The molecule has 1 aliphatic heterocycles. The molecule has 2 fully saturated rings. The van der Waals surface area contributed by atoms with E-state index in [1.807, 2.05) is 24.3 Å². The number of halogens is 1. The Bertz CT molecular complexity index is 1160. The van der Waals surface area contributed by atoms with E-state index in [1.165, 1.54) is 82.3 Å². The molecule has 216 valence electrons. The van der Waals surface area contributed by atoms with E-state index in [-0.39, 0.29) is 5.82 Å². The molecule has 5 heteroatoms. The minimum atomic E-state index is -0.226. The summed E-state index contributed by atoms with van der Waals surface area (Å²) in [5.41, 5.74) is 3.43. The lowest BCUT2D eigenvalue weighted by molar-refractivity contribution is -0.119. The maximum atomic E-state index is 13.7. The fourth-order valence-corrected chi connectivity index (χ4v) is 7.34. The van der Waals surface area contributed by atoms with E-state index in [4.69, 9.17) is 14.2 Å². The van der Waals surface area contributed by atoms with Crippen molar-refractivity contribution in [2.75, 3.05) is 20.8 Å². The Labute approximate surface area is 239 Å². The van der Waals surface area contributed by atoms with Crippen molar-refractivity contribution in [1.82, 2.24) is 0 Å². The highest BCUT2D eigenvalue weighted by Crippen LogP contribution is 2.43. The third-order valence-corrected chi connectivity index (χ3v) is 9.60. The lowest BCUT2D eigenvalue weighted by Gasteiger charge is -2.29. The molecule has 5 rings (SSSR count). The van der Waals surface area contributed by atoms with Crippen molar-refractivity contribution in [1.29, 1.82) is 0 Å². The van der Waals surface area contributed by atoms with Gasteiger partial charge in [-0.25, -0.2) is 4.39 Å². The summed E-state index contributed by atoms with van der Waals surface area (Å²) in [5, 5.41) is 0. The molecule has 2 aromatic carbocycles. The van der Waals surface area contributed by atoms with Crippen LogP contribution in [0.15, 0.2) is 42.5 Å². The fourth-order valence-electron chi connectivity index (χ4n) is 7.34. The van der Waals surface area contributed by atoms with Gasteiger partial charge in [0, 0.05) is 30.5 Å². The second-order valence-corrected chi connectivity index (χ2v) is 12.3. The van der Waals surface area contributed by atoms with Gasteiger partial charge in [-0.1, -0.05) is 38.5 Å². The Morgan fingerprint density at radius 3 is 2.25 bits per heavy atom. The number of hydrogen-bond acceptors (Lipinski definition) is 4. The van der Waals surface area contributed by atoms with Gasteiger partial charge in [0.25, 0.3) is 0 Å². The lowest BCUT2D eigenvalue weighted by atomic mass is 9.76. The molecular formula is C35H45FO4. The van der Waals surface area contributed by atoms with Crippen LogP contribution in [0.2, 0.25) is 0 Å². The van der Waals surface area contributed by atoms with Crippen molar-refractivity contribution in [3.05, 3.63) is 59.4 Å². The van der Waals surface area contributed by atoms with Crippen molar-refractivity contribution >= 4 is 11.4 Å². The summed E-state index contributed by atoms with van der Waals surface area (Å²) in [6.45, 7) is 0.551. The highest BCUT2D eigenvalue weighted by molar-refractivity contribution is 5.81. The monoisotopic (exact) mass is 548 g/mol. The zero-order chi connectivity index (χ0) is 27.9. The summed E-state index contributed by atoms with van der Waals surface area (Å²) in [6, 6.07) is 10.7. The Balaban J connectivity index is 1.03. The van der Waals surface area contributed by atoms with Crippen LogP contribution in [-0.2, 0) is 11.2 Å². The van der Waals surface area contributed by atoms with Crippen molar-refractivity contribution in [3.8, 4) is 17.2 Å². The van der Waals surface area contributed by atoms with E-state index in [9.17, 15) is 9.18 Å². The average Bonchev–Trinajstić information content (AvgIpc) is 3.21. The van der Waals surface area contributed by atoms with Crippen LogP contribution in [0.25, 0.3) is 5.57 Å². The first kappa shape index (κ1) is 28.7. The van der Waals surface area contributed by atoms with E-state index >= 15 is 0 Å². The SMILES string of the molecule is COc1cc(CC(=O)CC2CCC(CCC3CCCC(C4=CCOc5cc(F)ccc54)CC3)CC2)cc(OC)c1. The Kier molecular flexibility index (Phi) is 9.83. The first-order valence-corrected chi connectivity index (χ1v) is 15.4. The molecular weight excluding hydrogens is 503 g/mol. The molecule has 0 radical (unpaired) electrons. The number of Topliss-reactive ketones (excluding diaryl/α,β-unsaturated/α-hetero) is 1. The molecule has 0 aromatic heterocycles. The number of ketones is 1. The van der Waals surface area contributed by atoms with Gasteiger partial charge in [0.2, 0.25) is 0 Å². The summed E-state index contributed by atoms with van der Waals surface area (Å²) in [6.07, 6.45) is 17.3. The number of carbonyl (C=O) groups excluding carboxylic acids is 1. The van der Waals surface area contributed by atoms with Crippen LogP contribution < -0.4 is 14.2 Å². The van der Waals surface area contributed by atoms with Crippen LogP contribution in [0.3, 0.4) is 0 Å². The number of ether oxygens (including phenoxy) is 3. The number of rotatable bonds is 10. The second kappa shape index (κ2) is 13.7.